The summed E-state index contributed by atoms with van der Waals surface area (Å²) < 4.78 is 24.6. The Morgan fingerprint density at radius 1 is 0.379 bits per heavy atom. The lowest BCUT2D eigenvalue weighted by Gasteiger charge is -2.28. The van der Waals surface area contributed by atoms with Crippen molar-refractivity contribution in [2.75, 3.05) is 4.90 Å². The summed E-state index contributed by atoms with van der Waals surface area (Å²) in [6.07, 6.45) is 0. The largest absolute Gasteiger partial charge is 0.455 e. The first-order chi connectivity index (χ1) is 28.7. The molecule has 0 aliphatic heterocycles. The van der Waals surface area contributed by atoms with E-state index in [1.165, 1.54) is 0 Å². The van der Waals surface area contributed by atoms with E-state index in [4.69, 9.17) is 4.42 Å². The van der Waals surface area contributed by atoms with Gasteiger partial charge < -0.3 is 13.9 Å². The van der Waals surface area contributed by atoms with E-state index in [2.05, 4.69) is 173 Å². The van der Waals surface area contributed by atoms with E-state index in [-0.39, 0.29) is 5.82 Å². The summed E-state index contributed by atoms with van der Waals surface area (Å²) in [4.78, 5) is 2.29. The first-order valence-corrected chi connectivity index (χ1v) is 19.5. The second-order valence-corrected chi connectivity index (χ2v) is 14.6. The fraction of sp³-hybridized carbons (Fsp3) is 0. The van der Waals surface area contributed by atoms with Crippen molar-refractivity contribution in [2.24, 2.45) is 0 Å². The van der Waals surface area contributed by atoms with Gasteiger partial charge in [-0.1, -0.05) is 158 Å². The Bertz CT molecular complexity index is 3270. The minimum Gasteiger partial charge on any atom is -0.455 e. The van der Waals surface area contributed by atoms with Gasteiger partial charge in [0.25, 0.3) is 0 Å². The van der Waals surface area contributed by atoms with Crippen LogP contribution >= 0.6 is 0 Å². The highest BCUT2D eigenvalue weighted by atomic mass is 19.1. The zero-order valence-corrected chi connectivity index (χ0v) is 31.4. The fourth-order valence-corrected chi connectivity index (χ4v) is 8.62. The highest BCUT2D eigenvalue weighted by molar-refractivity contribution is 6.13. The zero-order chi connectivity index (χ0) is 38.6. The summed E-state index contributed by atoms with van der Waals surface area (Å²) in [7, 11) is 0. The Balaban J connectivity index is 1.08. The number of rotatable bonds is 7. The normalized spacial score (nSPS) is 11.5. The maximum Gasteiger partial charge on any atom is 0.143 e. The second kappa shape index (κ2) is 13.8. The number of hydrogen-bond acceptors (Lipinski definition) is 2. The Labute approximate surface area is 335 Å². The van der Waals surface area contributed by atoms with Crippen molar-refractivity contribution in [3.05, 3.63) is 218 Å². The second-order valence-electron chi connectivity index (χ2n) is 14.6. The number of para-hydroxylation sites is 5. The number of fused-ring (bicyclic) bond motifs is 6. The minimum atomic E-state index is -0.232. The highest BCUT2D eigenvalue weighted by Gasteiger charge is 2.22. The molecular formula is C54H35FN2O. The smallest absolute Gasteiger partial charge is 0.143 e. The molecule has 0 saturated carbocycles. The van der Waals surface area contributed by atoms with Gasteiger partial charge in [0.15, 0.2) is 0 Å². The molecule has 0 spiro atoms. The van der Waals surface area contributed by atoms with Gasteiger partial charge in [0.1, 0.15) is 17.0 Å². The molecule has 11 aromatic rings. The van der Waals surface area contributed by atoms with E-state index >= 15 is 4.39 Å². The number of hydrogen-bond donors (Lipinski definition) is 0. The Morgan fingerprint density at radius 3 is 1.53 bits per heavy atom. The van der Waals surface area contributed by atoms with E-state index in [0.29, 0.717) is 5.39 Å². The first kappa shape index (κ1) is 33.6. The molecule has 0 aliphatic rings. The Kier molecular flexibility index (Phi) is 8.00. The van der Waals surface area contributed by atoms with E-state index < -0.39 is 0 Å². The predicted molar refractivity (Wildman–Crippen MR) is 239 cm³/mol. The van der Waals surface area contributed by atoms with E-state index in [0.717, 1.165) is 94.5 Å². The summed E-state index contributed by atoms with van der Waals surface area (Å²) in [5.74, 6) is -0.232. The number of benzene rings is 9. The van der Waals surface area contributed by atoms with Gasteiger partial charge in [-0.3, -0.25) is 0 Å². The van der Waals surface area contributed by atoms with Crippen LogP contribution in [0.5, 0.6) is 0 Å². The van der Waals surface area contributed by atoms with Crippen LogP contribution in [0.15, 0.2) is 217 Å². The van der Waals surface area contributed by atoms with Gasteiger partial charge in [-0.25, -0.2) is 4.39 Å². The number of furan rings is 1. The van der Waals surface area contributed by atoms with E-state index in [9.17, 15) is 0 Å². The molecule has 0 N–H and O–H groups in total. The van der Waals surface area contributed by atoms with E-state index in [1.807, 2.05) is 36.4 Å². The molecule has 0 aliphatic carbocycles. The molecule has 2 aromatic heterocycles. The maximum atomic E-state index is 15.6. The average molecular weight is 747 g/mol. The quantitative estimate of drug-likeness (QED) is 0.162. The third-order valence-electron chi connectivity index (χ3n) is 11.3. The van der Waals surface area contributed by atoms with Crippen LogP contribution in [0.4, 0.5) is 21.5 Å². The van der Waals surface area contributed by atoms with Gasteiger partial charge in [-0.15, -0.1) is 0 Å². The summed E-state index contributed by atoms with van der Waals surface area (Å²) in [5, 5.41) is 3.68. The molecular weight excluding hydrogens is 712 g/mol. The molecule has 4 heteroatoms. The standard InChI is InChI=1S/C54H35FN2O/c55-47-23-13-27-51-52(47)46-18-7-8-24-48(46)57(51)50-26-10-9-25-49(50)56(40-32-28-37(29-33-40)36-14-3-1-4-15-36)41-34-30-39(31-35-41)43-20-12-22-45-44-21-11-19-42(53(44)58-54(43)45)38-16-5-2-6-17-38/h1-35H. The van der Waals surface area contributed by atoms with Crippen molar-refractivity contribution in [1.82, 2.24) is 4.57 Å². The van der Waals surface area contributed by atoms with Crippen molar-refractivity contribution in [1.29, 1.82) is 0 Å². The number of anilines is 3. The van der Waals surface area contributed by atoms with Gasteiger partial charge in [0, 0.05) is 44.0 Å². The van der Waals surface area contributed by atoms with Crippen LogP contribution in [-0.2, 0) is 0 Å². The third kappa shape index (κ3) is 5.49. The van der Waals surface area contributed by atoms with Crippen LogP contribution in [0.2, 0.25) is 0 Å². The lowest BCUT2D eigenvalue weighted by Crippen LogP contribution is -2.13. The molecule has 0 fully saturated rings. The minimum absolute atomic E-state index is 0.232. The first-order valence-electron chi connectivity index (χ1n) is 19.5. The van der Waals surface area contributed by atoms with Gasteiger partial charge in [0.2, 0.25) is 0 Å². The highest BCUT2D eigenvalue weighted by Crippen LogP contribution is 2.44. The van der Waals surface area contributed by atoms with E-state index in [1.54, 1.807) is 12.1 Å². The molecule has 3 nitrogen and oxygen atoms in total. The van der Waals surface area contributed by atoms with Crippen LogP contribution in [0.3, 0.4) is 0 Å². The van der Waals surface area contributed by atoms with Crippen LogP contribution in [-0.4, -0.2) is 4.57 Å². The molecule has 9 aromatic carbocycles. The van der Waals surface area contributed by atoms with Gasteiger partial charge >= 0.3 is 0 Å². The molecule has 2 heterocycles. The third-order valence-corrected chi connectivity index (χ3v) is 11.3. The number of aromatic nitrogens is 1. The fourth-order valence-electron chi connectivity index (χ4n) is 8.62. The molecule has 274 valence electrons. The van der Waals surface area contributed by atoms with Crippen LogP contribution in [0.1, 0.15) is 0 Å². The van der Waals surface area contributed by atoms with Crippen molar-refractivity contribution >= 4 is 60.8 Å². The SMILES string of the molecule is Fc1cccc2c1c1ccccc1n2-c1ccccc1N(c1ccc(-c2ccccc2)cc1)c1ccc(-c2cccc3c2oc2c(-c4ccccc4)cccc23)cc1. The summed E-state index contributed by atoms with van der Waals surface area (Å²) in [6, 6.07) is 72.8. The van der Waals surface area contributed by atoms with Gasteiger partial charge in [-0.2, -0.15) is 0 Å². The zero-order valence-electron chi connectivity index (χ0n) is 31.4. The predicted octanol–water partition coefficient (Wildman–Crippen LogP) is 15.3. The Morgan fingerprint density at radius 2 is 0.862 bits per heavy atom. The monoisotopic (exact) mass is 746 g/mol. The Hall–Kier alpha value is -7.69. The van der Waals surface area contributed by atoms with Crippen molar-refractivity contribution < 1.29 is 8.81 Å². The molecule has 0 atom stereocenters. The molecule has 0 unspecified atom stereocenters. The number of nitrogens with zero attached hydrogens (tertiary/aromatic N) is 2. The lowest BCUT2D eigenvalue weighted by atomic mass is 10.00. The maximum absolute atomic E-state index is 15.6. The molecule has 58 heavy (non-hydrogen) atoms. The van der Waals surface area contributed by atoms with Crippen molar-refractivity contribution in [3.63, 3.8) is 0 Å². The number of halogens is 1. The van der Waals surface area contributed by atoms with Gasteiger partial charge in [0.05, 0.1) is 22.4 Å². The average Bonchev–Trinajstić information content (AvgIpc) is 3.85. The molecule has 0 saturated heterocycles. The summed E-state index contributed by atoms with van der Waals surface area (Å²) in [6.45, 7) is 0. The van der Waals surface area contributed by atoms with Crippen molar-refractivity contribution in [3.8, 4) is 39.1 Å². The van der Waals surface area contributed by atoms with Crippen LogP contribution in [0.25, 0.3) is 82.8 Å². The van der Waals surface area contributed by atoms with Crippen LogP contribution in [0, 0.1) is 5.82 Å². The molecule has 0 amide bonds. The van der Waals surface area contributed by atoms with Crippen LogP contribution < -0.4 is 4.90 Å². The summed E-state index contributed by atoms with van der Waals surface area (Å²) >= 11 is 0. The summed E-state index contributed by atoms with van der Waals surface area (Å²) in [5.41, 5.74) is 14.0. The molecule has 11 rings (SSSR count). The molecule has 0 radical (unpaired) electrons. The molecule has 0 bridgehead atoms. The van der Waals surface area contributed by atoms with Gasteiger partial charge in [-0.05, 0) is 76.9 Å². The lowest BCUT2D eigenvalue weighted by molar-refractivity contribution is 0.640. The van der Waals surface area contributed by atoms with Crippen molar-refractivity contribution in [2.45, 2.75) is 0 Å². The topological polar surface area (TPSA) is 21.3 Å².